The minimum absolute atomic E-state index is 0.169. The first kappa shape index (κ1) is 9.47. The van der Waals surface area contributed by atoms with Crippen molar-refractivity contribution in [2.24, 2.45) is 0 Å². The van der Waals surface area contributed by atoms with Gasteiger partial charge in [-0.25, -0.2) is 0 Å². The van der Waals surface area contributed by atoms with Gasteiger partial charge in [0, 0.05) is 12.8 Å². The summed E-state index contributed by atoms with van der Waals surface area (Å²) in [6.45, 7) is 3.10. The molecule has 2 heterocycles. The van der Waals surface area contributed by atoms with Gasteiger partial charge in [0.1, 0.15) is 0 Å². The van der Waals surface area contributed by atoms with Gasteiger partial charge in [0.15, 0.2) is 5.79 Å². The molecule has 2 saturated heterocycles. The van der Waals surface area contributed by atoms with Gasteiger partial charge >= 0.3 is 0 Å². The molecule has 2 nitrogen and oxygen atoms in total. The van der Waals surface area contributed by atoms with Crippen molar-refractivity contribution < 1.29 is 9.47 Å². The maximum Gasteiger partial charge on any atom is 0.168 e. The lowest BCUT2D eigenvalue weighted by molar-refractivity contribution is -0.295. The summed E-state index contributed by atoms with van der Waals surface area (Å²) in [4.78, 5) is 0. The highest BCUT2D eigenvalue weighted by Crippen LogP contribution is 2.37. The SMILES string of the molecule is CCC1CCCC2(CCCCO2)O1. The van der Waals surface area contributed by atoms with Crippen LogP contribution in [0, 0.1) is 0 Å². The Morgan fingerprint density at radius 2 is 2.08 bits per heavy atom. The fourth-order valence-electron chi connectivity index (χ4n) is 2.42. The molecule has 0 saturated carbocycles. The smallest absolute Gasteiger partial charge is 0.168 e. The zero-order valence-corrected chi connectivity index (χ0v) is 8.55. The molecule has 2 aliphatic rings. The van der Waals surface area contributed by atoms with Crippen molar-refractivity contribution in [2.75, 3.05) is 6.61 Å². The Bertz CT molecular complexity index is 156. The number of rotatable bonds is 1. The molecule has 0 aromatic heterocycles. The number of hydrogen-bond donors (Lipinski definition) is 0. The van der Waals surface area contributed by atoms with Crippen LogP contribution in [-0.4, -0.2) is 18.5 Å². The van der Waals surface area contributed by atoms with E-state index in [1.807, 2.05) is 0 Å². The first-order valence-corrected chi connectivity index (χ1v) is 5.66. The maximum absolute atomic E-state index is 6.04. The molecule has 0 radical (unpaired) electrons. The minimum atomic E-state index is -0.169. The summed E-state index contributed by atoms with van der Waals surface area (Å²) in [5, 5.41) is 0. The largest absolute Gasteiger partial charge is 0.350 e. The molecule has 0 aromatic rings. The Kier molecular flexibility index (Phi) is 2.89. The van der Waals surface area contributed by atoms with E-state index in [0.717, 1.165) is 25.9 Å². The molecule has 2 fully saturated rings. The van der Waals surface area contributed by atoms with Crippen molar-refractivity contribution in [3.8, 4) is 0 Å². The third-order valence-electron chi connectivity index (χ3n) is 3.24. The fraction of sp³-hybridized carbons (Fsp3) is 1.00. The normalized spacial score (nSPS) is 40.8. The lowest BCUT2D eigenvalue weighted by Crippen LogP contribution is -2.45. The third-order valence-corrected chi connectivity index (χ3v) is 3.24. The Morgan fingerprint density at radius 3 is 2.77 bits per heavy atom. The van der Waals surface area contributed by atoms with Crippen LogP contribution < -0.4 is 0 Å². The molecule has 2 aliphatic heterocycles. The van der Waals surface area contributed by atoms with E-state index in [-0.39, 0.29) is 5.79 Å². The molecule has 0 aromatic carbocycles. The first-order valence-electron chi connectivity index (χ1n) is 5.66. The van der Waals surface area contributed by atoms with Gasteiger partial charge in [-0.2, -0.15) is 0 Å². The molecular formula is C11H20O2. The molecular weight excluding hydrogens is 164 g/mol. The Hall–Kier alpha value is -0.0800. The van der Waals surface area contributed by atoms with E-state index in [2.05, 4.69) is 6.92 Å². The molecule has 1 spiro atoms. The van der Waals surface area contributed by atoms with Gasteiger partial charge in [-0.15, -0.1) is 0 Å². The molecule has 2 heteroatoms. The molecule has 0 amide bonds. The van der Waals surface area contributed by atoms with Crippen LogP contribution in [0.5, 0.6) is 0 Å². The van der Waals surface area contributed by atoms with Crippen molar-refractivity contribution in [2.45, 2.75) is 63.8 Å². The van der Waals surface area contributed by atoms with Crippen LogP contribution in [0.25, 0.3) is 0 Å². The Morgan fingerprint density at radius 1 is 1.23 bits per heavy atom. The lowest BCUT2D eigenvalue weighted by Gasteiger charge is -2.43. The Labute approximate surface area is 80.6 Å². The molecule has 2 atom stereocenters. The standard InChI is InChI=1S/C11H20O2/c1-2-10-6-5-8-11(13-10)7-3-4-9-12-11/h10H,2-9H2,1H3. The van der Waals surface area contributed by atoms with Crippen LogP contribution in [0.2, 0.25) is 0 Å². The summed E-state index contributed by atoms with van der Waals surface area (Å²) in [5.74, 6) is -0.169. The minimum Gasteiger partial charge on any atom is -0.350 e. The van der Waals surface area contributed by atoms with Gasteiger partial charge in [0.2, 0.25) is 0 Å². The van der Waals surface area contributed by atoms with E-state index in [4.69, 9.17) is 9.47 Å². The van der Waals surface area contributed by atoms with E-state index in [1.54, 1.807) is 0 Å². The predicted octanol–water partition coefficient (Wildman–Crippen LogP) is 2.86. The van der Waals surface area contributed by atoms with E-state index < -0.39 is 0 Å². The van der Waals surface area contributed by atoms with Gasteiger partial charge in [0.25, 0.3) is 0 Å². The van der Waals surface area contributed by atoms with Crippen LogP contribution in [0.3, 0.4) is 0 Å². The summed E-state index contributed by atoms with van der Waals surface area (Å²) in [7, 11) is 0. The molecule has 13 heavy (non-hydrogen) atoms. The zero-order chi connectivity index (χ0) is 9.15. The third kappa shape index (κ3) is 2.05. The molecule has 0 bridgehead atoms. The highest BCUT2D eigenvalue weighted by molar-refractivity contribution is 4.80. The summed E-state index contributed by atoms with van der Waals surface area (Å²) in [6, 6.07) is 0. The van der Waals surface area contributed by atoms with Crippen molar-refractivity contribution in [1.82, 2.24) is 0 Å². The topological polar surface area (TPSA) is 18.5 Å². The first-order chi connectivity index (χ1) is 6.35. The van der Waals surface area contributed by atoms with Gasteiger partial charge in [-0.05, 0) is 32.1 Å². The highest BCUT2D eigenvalue weighted by Gasteiger charge is 2.38. The molecule has 2 unspecified atom stereocenters. The van der Waals surface area contributed by atoms with Gasteiger partial charge in [0.05, 0.1) is 12.7 Å². The second-order valence-electron chi connectivity index (χ2n) is 4.26. The predicted molar refractivity (Wildman–Crippen MR) is 51.5 cm³/mol. The molecule has 0 aliphatic carbocycles. The van der Waals surface area contributed by atoms with Gasteiger partial charge < -0.3 is 9.47 Å². The average molecular weight is 184 g/mol. The Balaban J connectivity index is 1.95. The second-order valence-corrected chi connectivity index (χ2v) is 4.26. The molecule has 76 valence electrons. The highest BCUT2D eigenvalue weighted by atomic mass is 16.7. The summed E-state index contributed by atoms with van der Waals surface area (Å²) < 4.78 is 11.9. The van der Waals surface area contributed by atoms with E-state index in [9.17, 15) is 0 Å². The number of hydrogen-bond acceptors (Lipinski definition) is 2. The van der Waals surface area contributed by atoms with Crippen molar-refractivity contribution in [3.05, 3.63) is 0 Å². The van der Waals surface area contributed by atoms with Gasteiger partial charge in [-0.1, -0.05) is 6.92 Å². The average Bonchev–Trinajstić information content (AvgIpc) is 2.19. The van der Waals surface area contributed by atoms with E-state index in [0.29, 0.717) is 6.10 Å². The molecule has 2 rings (SSSR count). The van der Waals surface area contributed by atoms with E-state index >= 15 is 0 Å². The quantitative estimate of drug-likeness (QED) is 0.624. The summed E-state index contributed by atoms with van der Waals surface area (Å²) in [5.41, 5.74) is 0. The van der Waals surface area contributed by atoms with Crippen molar-refractivity contribution in [3.63, 3.8) is 0 Å². The summed E-state index contributed by atoms with van der Waals surface area (Å²) in [6.07, 6.45) is 8.79. The monoisotopic (exact) mass is 184 g/mol. The van der Waals surface area contributed by atoms with Gasteiger partial charge in [-0.3, -0.25) is 0 Å². The molecule has 0 N–H and O–H groups in total. The van der Waals surface area contributed by atoms with Crippen LogP contribution in [-0.2, 0) is 9.47 Å². The fourth-order valence-corrected chi connectivity index (χ4v) is 2.42. The van der Waals surface area contributed by atoms with Crippen molar-refractivity contribution in [1.29, 1.82) is 0 Å². The van der Waals surface area contributed by atoms with Crippen LogP contribution in [0.1, 0.15) is 51.9 Å². The maximum atomic E-state index is 6.04. The lowest BCUT2D eigenvalue weighted by atomic mass is 9.94. The van der Waals surface area contributed by atoms with Crippen LogP contribution in [0.4, 0.5) is 0 Å². The summed E-state index contributed by atoms with van der Waals surface area (Å²) >= 11 is 0. The van der Waals surface area contributed by atoms with E-state index in [1.165, 1.54) is 25.7 Å². The van der Waals surface area contributed by atoms with Crippen molar-refractivity contribution >= 4 is 0 Å². The zero-order valence-electron chi connectivity index (χ0n) is 8.55. The second kappa shape index (κ2) is 3.97. The number of ether oxygens (including phenoxy) is 2. The van der Waals surface area contributed by atoms with Crippen LogP contribution in [0.15, 0.2) is 0 Å². The van der Waals surface area contributed by atoms with Crippen LogP contribution >= 0.6 is 0 Å².